The average Bonchev–Trinajstić information content (AvgIpc) is 2.52. The molecule has 0 saturated heterocycles. The van der Waals surface area contributed by atoms with Crippen LogP contribution in [0, 0.1) is 20.8 Å². The van der Waals surface area contributed by atoms with E-state index in [1.54, 1.807) is 0 Å². The molecule has 0 saturated carbocycles. The Morgan fingerprint density at radius 1 is 1.38 bits per heavy atom. The summed E-state index contributed by atoms with van der Waals surface area (Å²) in [6.07, 6.45) is 1.08. The van der Waals surface area contributed by atoms with Gasteiger partial charge in [-0.1, -0.05) is 6.92 Å². The minimum absolute atomic E-state index is 0.0948. The number of aliphatic hydroxyl groups excluding tert-OH is 1. The molecule has 0 spiro atoms. The second-order valence-corrected chi connectivity index (χ2v) is 4.31. The van der Waals surface area contributed by atoms with Crippen molar-refractivity contribution >= 4 is 0 Å². The first-order chi connectivity index (χ1) is 7.60. The van der Waals surface area contributed by atoms with Crippen LogP contribution in [0.3, 0.4) is 0 Å². The van der Waals surface area contributed by atoms with Crippen LogP contribution in [-0.4, -0.2) is 34.1 Å². The minimum atomic E-state index is 0.0948. The Morgan fingerprint density at radius 2 is 2.06 bits per heavy atom. The molecule has 0 aliphatic heterocycles. The fourth-order valence-corrected chi connectivity index (χ4v) is 1.71. The van der Waals surface area contributed by atoms with Crippen LogP contribution in [-0.2, 0) is 6.54 Å². The maximum Gasteiger partial charge on any atom is 0.0625 e. The second-order valence-electron chi connectivity index (χ2n) is 4.31. The lowest BCUT2D eigenvalue weighted by atomic mass is 10.2. The van der Waals surface area contributed by atoms with Crippen LogP contribution >= 0.6 is 0 Å². The predicted octanol–water partition coefficient (Wildman–Crippen LogP) is 1.17. The van der Waals surface area contributed by atoms with Gasteiger partial charge in [-0.05, 0) is 39.3 Å². The van der Waals surface area contributed by atoms with Crippen molar-refractivity contribution in [1.29, 1.82) is 0 Å². The molecule has 1 rings (SSSR count). The van der Waals surface area contributed by atoms with Gasteiger partial charge in [0.05, 0.1) is 18.8 Å². The van der Waals surface area contributed by atoms with E-state index in [0.29, 0.717) is 0 Å². The van der Waals surface area contributed by atoms with Gasteiger partial charge in [0.2, 0.25) is 0 Å². The van der Waals surface area contributed by atoms with Crippen molar-refractivity contribution < 1.29 is 5.11 Å². The lowest BCUT2D eigenvalue weighted by Crippen LogP contribution is -2.37. The number of nitrogens with zero attached hydrogens (tertiary/aromatic N) is 2. The summed E-state index contributed by atoms with van der Waals surface area (Å²) < 4.78 is 1.98. The summed E-state index contributed by atoms with van der Waals surface area (Å²) in [5.74, 6) is 0. The molecule has 4 heteroatoms. The lowest BCUT2D eigenvalue weighted by molar-refractivity contribution is 0.224. The van der Waals surface area contributed by atoms with Gasteiger partial charge in [-0.3, -0.25) is 4.68 Å². The summed E-state index contributed by atoms with van der Waals surface area (Å²) in [5.41, 5.74) is 3.51. The van der Waals surface area contributed by atoms with E-state index in [1.807, 2.05) is 11.6 Å². The molecule has 1 heterocycles. The quantitative estimate of drug-likeness (QED) is 0.764. The molecule has 4 nitrogen and oxygen atoms in total. The van der Waals surface area contributed by atoms with Crippen molar-refractivity contribution in [2.75, 3.05) is 13.2 Å². The first-order valence-electron chi connectivity index (χ1n) is 5.95. The van der Waals surface area contributed by atoms with Crippen molar-refractivity contribution in [3.63, 3.8) is 0 Å². The van der Waals surface area contributed by atoms with Crippen molar-refractivity contribution in [1.82, 2.24) is 15.1 Å². The second kappa shape index (κ2) is 6.01. The van der Waals surface area contributed by atoms with Gasteiger partial charge in [-0.2, -0.15) is 5.10 Å². The van der Waals surface area contributed by atoms with E-state index in [1.165, 1.54) is 11.3 Å². The zero-order chi connectivity index (χ0) is 12.1. The Kier molecular flexibility index (Phi) is 4.96. The van der Waals surface area contributed by atoms with Gasteiger partial charge in [0.1, 0.15) is 0 Å². The molecule has 1 atom stereocenters. The molecule has 0 fully saturated rings. The molecule has 0 aliphatic carbocycles. The number of rotatable bonds is 6. The third kappa shape index (κ3) is 3.06. The van der Waals surface area contributed by atoms with E-state index in [0.717, 1.165) is 25.2 Å². The van der Waals surface area contributed by atoms with E-state index < -0.39 is 0 Å². The molecular formula is C12H23N3O. The largest absolute Gasteiger partial charge is 0.395 e. The summed E-state index contributed by atoms with van der Waals surface area (Å²) in [4.78, 5) is 0. The molecule has 0 bridgehead atoms. The zero-order valence-electron chi connectivity index (χ0n) is 10.7. The first-order valence-corrected chi connectivity index (χ1v) is 5.95. The number of hydrogen-bond donors (Lipinski definition) is 2. The third-order valence-corrected chi connectivity index (χ3v) is 3.04. The van der Waals surface area contributed by atoms with Crippen LogP contribution in [0.2, 0.25) is 0 Å². The third-order valence-electron chi connectivity index (χ3n) is 3.04. The van der Waals surface area contributed by atoms with Crippen LogP contribution in [0.1, 0.15) is 30.3 Å². The lowest BCUT2D eigenvalue weighted by Gasteiger charge is -2.16. The van der Waals surface area contributed by atoms with Crippen LogP contribution < -0.4 is 5.32 Å². The van der Waals surface area contributed by atoms with Gasteiger partial charge in [0.25, 0.3) is 0 Å². The maximum absolute atomic E-state index is 9.28. The molecule has 92 valence electrons. The monoisotopic (exact) mass is 225 g/mol. The summed E-state index contributed by atoms with van der Waals surface area (Å²) >= 11 is 0. The highest BCUT2D eigenvalue weighted by Crippen LogP contribution is 2.11. The molecule has 1 aromatic heterocycles. The molecule has 1 unspecified atom stereocenters. The van der Waals surface area contributed by atoms with Crippen LogP contribution in [0.25, 0.3) is 0 Å². The molecule has 0 amide bonds. The maximum atomic E-state index is 9.28. The van der Waals surface area contributed by atoms with Crippen LogP contribution in [0.5, 0.6) is 0 Å². The number of aliphatic hydroxyl groups is 1. The summed E-state index contributed by atoms with van der Waals surface area (Å²) in [7, 11) is 0. The zero-order valence-corrected chi connectivity index (χ0v) is 10.7. The normalized spacial score (nSPS) is 13.1. The first kappa shape index (κ1) is 13.2. The molecule has 16 heavy (non-hydrogen) atoms. The Morgan fingerprint density at radius 3 is 2.50 bits per heavy atom. The Bertz CT molecular complexity index is 333. The van der Waals surface area contributed by atoms with Gasteiger partial charge in [-0.15, -0.1) is 0 Å². The van der Waals surface area contributed by atoms with Crippen LogP contribution in [0.4, 0.5) is 0 Å². The number of nitrogens with one attached hydrogen (secondary N) is 1. The van der Waals surface area contributed by atoms with Gasteiger partial charge in [-0.25, -0.2) is 0 Å². The van der Waals surface area contributed by atoms with Crippen molar-refractivity contribution in [2.45, 2.75) is 46.7 Å². The van der Waals surface area contributed by atoms with E-state index in [4.69, 9.17) is 0 Å². The fourth-order valence-electron chi connectivity index (χ4n) is 1.71. The highest BCUT2D eigenvalue weighted by molar-refractivity contribution is 5.22. The molecule has 0 aliphatic rings. The fraction of sp³-hybridized carbons (Fsp3) is 0.750. The van der Waals surface area contributed by atoms with Crippen molar-refractivity contribution in [2.24, 2.45) is 0 Å². The van der Waals surface area contributed by atoms with Gasteiger partial charge in [0, 0.05) is 11.7 Å². The van der Waals surface area contributed by atoms with Crippen molar-refractivity contribution in [3.8, 4) is 0 Å². The van der Waals surface area contributed by atoms with Crippen molar-refractivity contribution in [3.05, 3.63) is 17.0 Å². The molecular weight excluding hydrogens is 202 g/mol. The highest BCUT2D eigenvalue weighted by atomic mass is 16.3. The highest BCUT2D eigenvalue weighted by Gasteiger charge is 2.12. The molecule has 2 N–H and O–H groups in total. The topological polar surface area (TPSA) is 50.1 Å². The summed E-state index contributed by atoms with van der Waals surface area (Å²) in [5, 5.41) is 17.1. The number of hydrogen-bond acceptors (Lipinski definition) is 3. The van der Waals surface area contributed by atoms with Gasteiger partial charge >= 0.3 is 0 Å². The SMILES string of the molecule is CCCNC(CO)Cn1nc(C)c(C)c1C. The Balaban J connectivity index is 2.66. The Labute approximate surface area is 97.7 Å². The van der Waals surface area contributed by atoms with Gasteiger partial charge in [0.15, 0.2) is 0 Å². The Hall–Kier alpha value is -0.870. The summed E-state index contributed by atoms with van der Waals surface area (Å²) in [6.45, 7) is 10.1. The number of aryl methyl sites for hydroxylation is 1. The molecule has 0 radical (unpaired) electrons. The molecule has 1 aromatic rings. The van der Waals surface area contributed by atoms with E-state index in [-0.39, 0.29) is 12.6 Å². The summed E-state index contributed by atoms with van der Waals surface area (Å²) in [6, 6.07) is 0.0948. The van der Waals surface area contributed by atoms with Crippen LogP contribution in [0.15, 0.2) is 0 Å². The van der Waals surface area contributed by atoms with Gasteiger partial charge < -0.3 is 10.4 Å². The smallest absolute Gasteiger partial charge is 0.0625 e. The van der Waals surface area contributed by atoms with E-state index >= 15 is 0 Å². The predicted molar refractivity (Wildman–Crippen MR) is 65.6 cm³/mol. The van der Waals surface area contributed by atoms with E-state index in [9.17, 15) is 5.11 Å². The minimum Gasteiger partial charge on any atom is -0.395 e. The number of aromatic nitrogens is 2. The standard InChI is InChI=1S/C12H23N3O/c1-5-6-13-12(8-16)7-15-11(4)9(2)10(3)14-15/h12-13,16H,5-8H2,1-4H3. The van der Waals surface area contributed by atoms with E-state index in [2.05, 4.69) is 31.2 Å². The average molecular weight is 225 g/mol. The molecule has 0 aromatic carbocycles.